The molecule has 2 heterocycles. The second-order valence-electron chi connectivity index (χ2n) is 7.15. The minimum absolute atomic E-state index is 0.0784. The number of fused-ring (bicyclic) bond motifs is 1. The SMILES string of the molecule is Cc1ccc(NC(=O)[C@H]2CS[C@@]3(C)CCC(=O)N23)c(CN(C)C)c1. The number of aryl methyl sites for hydroxylation is 1. The first-order chi connectivity index (χ1) is 11.3. The molecule has 2 amide bonds. The smallest absolute Gasteiger partial charge is 0.248 e. The number of thioether (sulfide) groups is 1. The summed E-state index contributed by atoms with van der Waals surface area (Å²) >= 11 is 1.72. The number of anilines is 1. The van der Waals surface area contributed by atoms with Crippen molar-refractivity contribution < 1.29 is 9.59 Å². The van der Waals surface area contributed by atoms with Gasteiger partial charge in [-0.2, -0.15) is 0 Å². The molecule has 1 N–H and O–H groups in total. The molecule has 24 heavy (non-hydrogen) atoms. The topological polar surface area (TPSA) is 52.7 Å². The number of hydrogen-bond acceptors (Lipinski definition) is 4. The lowest BCUT2D eigenvalue weighted by Gasteiger charge is -2.30. The van der Waals surface area contributed by atoms with Crippen LogP contribution >= 0.6 is 11.8 Å². The van der Waals surface area contributed by atoms with E-state index >= 15 is 0 Å². The number of carbonyl (C=O) groups excluding carboxylic acids is 2. The summed E-state index contributed by atoms with van der Waals surface area (Å²) in [6.45, 7) is 4.88. The molecule has 2 fully saturated rings. The molecule has 2 aliphatic rings. The van der Waals surface area contributed by atoms with Crippen LogP contribution in [0, 0.1) is 6.92 Å². The molecule has 0 bridgehead atoms. The summed E-state index contributed by atoms with van der Waals surface area (Å²) in [4.78, 5) is 28.7. The van der Waals surface area contributed by atoms with Gasteiger partial charge in [0.25, 0.3) is 0 Å². The zero-order valence-corrected chi connectivity index (χ0v) is 15.6. The molecule has 3 rings (SSSR count). The molecule has 0 saturated carbocycles. The molecule has 2 atom stereocenters. The number of rotatable bonds is 4. The quantitative estimate of drug-likeness (QED) is 0.909. The first-order valence-electron chi connectivity index (χ1n) is 8.31. The summed E-state index contributed by atoms with van der Waals surface area (Å²) in [6, 6.07) is 5.69. The fourth-order valence-corrected chi connectivity index (χ4v) is 4.98. The van der Waals surface area contributed by atoms with E-state index in [0.29, 0.717) is 12.2 Å². The maximum Gasteiger partial charge on any atom is 0.248 e. The van der Waals surface area contributed by atoms with Crippen molar-refractivity contribution in [2.24, 2.45) is 0 Å². The van der Waals surface area contributed by atoms with E-state index in [1.807, 2.05) is 33.2 Å². The van der Waals surface area contributed by atoms with Crippen LogP contribution in [0.2, 0.25) is 0 Å². The van der Waals surface area contributed by atoms with Crippen LogP contribution in [0.4, 0.5) is 5.69 Å². The summed E-state index contributed by atoms with van der Waals surface area (Å²) in [6.07, 6.45) is 1.38. The molecule has 1 aromatic carbocycles. The van der Waals surface area contributed by atoms with E-state index in [1.54, 1.807) is 16.7 Å². The summed E-state index contributed by atoms with van der Waals surface area (Å²) in [5.74, 6) is 0.688. The van der Waals surface area contributed by atoms with Crippen molar-refractivity contribution in [3.8, 4) is 0 Å². The Balaban J connectivity index is 1.79. The third-order valence-corrected chi connectivity index (χ3v) is 6.26. The molecule has 0 aliphatic carbocycles. The van der Waals surface area contributed by atoms with Crippen LogP contribution in [-0.2, 0) is 16.1 Å². The molecule has 0 radical (unpaired) electrons. The highest BCUT2D eigenvalue weighted by atomic mass is 32.2. The van der Waals surface area contributed by atoms with Gasteiger partial charge in [0.1, 0.15) is 6.04 Å². The van der Waals surface area contributed by atoms with E-state index in [0.717, 1.165) is 24.2 Å². The Labute approximate surface area is 147 Å². The third kappa shape index (κ3) is 3.17. The van der Waals surface area contributed by atoms with Gasteiger partial charge < -0.3 is 15.1 Å². The minimum Gasteiger partial charge on any atom is -0.324 e. The average molecular weight is 347 g/mol. The van der Waals surface area contributed by atoms with E-state index in [9.17, 15) is 9.59 Å². The number of nitrogens with one attached hydrogen (secondary N) is 1. The highest BCUT2D eigenvalue weighted by molar-refractivity contribution is 8.01. The molecule has 2 saturated heterocycles. The van der Waals surface area contributed by atoms with Crippen molar-refractivity contribution >= 4 is 29.3 Å². The van der Waals surface area contributed by atoms with Crippen LogP contribution in [-0.4, -0.2) is 52.4 Å². The first kappa shape index (κ1) is 17.3. The van der Waals surface area contributed by atoms with Crippen LogP contribution in [0.1, 0.15) is 30.9 Å². The molecule has 0 spiro atoms. The van der Waals surface area contributed by atoms with Crippen LogP contribution in [0.5, 0.6) is 0 Å². The number of benzene rings is 1. The maximum atomic E-state index is 12.8. The highest BCUT2D eigenvalue weighted by Crippen LogP contribution is 2.47. The predicted molar refractivity (Wildman–Crippen MR) is 97.9 cm³/mol. The Morgan fingerprint density at radius 1 is 1.46 bits per heavy atom. The Morgan fingerprint density at radius 3 is 2.92 bits per heavy atom. The second kappa shape index (κ2) is 6.41. The second-order valence-corrected chi connectivity index (χ2v) is 8.65. The van der Waals surface area contributed by atoms with E-state index in [1.165, 1.54) is 5.56 Å². The van der Waals surface area contributed by atoms with E-state index in [4.69, 9.17) is 0 Å². The Bertz CT molecular complexity index is 676. The van der Waals surface area contributed by atoms with Gasteiger partial charge in [-0.15, -0.1) is 11.8 Å². The van der Waals surface area contributed by atoms with Crippen molar-refractivity contribution in [3.63, 3.8) is 0 Å². The van der Waals surface area contributed by atoms with Crippen LogP contribution in [0.3, 0.4) is 0 Å². The van der Waals surface area contributed by atoms with Crippen molar-refractivity contribution in [2.45, 2.75) is 44.1 Å². The summed E-state index contributed by atoms with van der Waals surface area (Å²) < 4.78 is 0. The van der Waals surface area contributed by atoms with Gasteiger partial charge in [0.15, 0.2) is 0 Å². The average Bonchev–Trinajstić information content (AvgIpc) is 2.98. The van der Waals surface area contributed by atoms with E-state index < -0.39 is 0 Å². The predicted octanol–water partition coefficient (Wildman–Crippen LogP) is 2.45. The van der Waals surface area contributed by atoms with Crippen molar-refractivity contribution in [2.75, 3.05) is 25.2 Å². The fraction of sp³-hybridized carbons (Fsp3) is 0.556. The van der Waals surface area contributed by atoms with Gasteiger partial charge in [0.2, 0.25) is 11.8 Å². The zero-order valence-electron chi connectivity index (χ0n) is 14.8. The number of nitrogens with zero attached hydrogens (tertiary/aromatic N) is 2. The minimum atomic E-state index is -0.372. The standard InChI is InChI=1S/C18H25N3O2S/c1-12-5-6-14(13(9-12)10-20(3)4)19-17(23)15-11-24-18(2)8-7-16(22)21(15)18/h5-6,9,15H,7-8,10-11H2,1-4H3,(H,19,23)/t15-,18+/m1/s1. The van der Waals surface area contributed by atoms with Gasteiger partial charge in [-0.05, 0) is 46.0 Å². The van der Waals surface area contributed by atoms with Gasteiger partial charge in [-0.1, -0.05) is 17.7 Å². The molecule has 2 aliphatic heterocycles. The van der Waals surface area contributed by atoms with Gasteiger partial charge in [-0.3, -0.25) is 9.59 Å². The normalized spacial score (nSPS) is 26.1. The Kier molecular flexibility index (Phi) is 4.62. The van der Waals surface area contributed by atoms with Crippen molar-refractivity contribution in [1.82, 2.24) is 9.80 Å². The molecule has 0 unspecified atom stereocenters. The first-order valence-corrected chi connectivity index (χ1v) is 9.30. The highest BCUT2D eigenvalue weighted by Gasteiger charge is 2.52. The van der Waals surface area contributed by atoms with E-state index in [-0.39, 0.29) is 22.7 Å². The van der Waals surface area contributed by atoms with Crippen molar-refractivity contribution in [3.05, 3.63) is 29.3 Å². The van der Waals surface area contributed by atoms with Crippen LogP contribution in [0.25, 0.3) is 0 Å². The summed E-state index contributed by atoms with van der Waals surface area (Å²) in [7, 11) is 4.02. The van der Waals surface area contributed by atoms with Crippen LogP contribution in [0.15, 0.2) is 18.2 Å². The molecular formula is C18H25N3O2S. The molecule has 130 valence electrons. The summed E-state index contributed by atoms with van der Waals surface area (Å²) in [5, 5.41) is 3.06. The van der Waals surface area contributed by atoms with Gasteiger partial charge in [0.05, 0.1) is 4.87 Å². The lowest BCUT2D eigenvalue weighted by atomic mass is 10.1. The van der Waals surface area contributed by atoms with E-state index in [2.05, 4.69) is 23.2 Å². The van der Waals surface area contributed by atoms with Gasteiger partial charge in [0, 0.05) is 24.4 Å². The lowest BCUT2D eigenvalue weighted by Crippen LogP contribution is -2.48. The molecule has 5 nitrogen and oxygen atoms in total. The van der Waals surface area contributed by atoms with Crippen LogP contribution < -0.4 is 5.32 Å². The third-order valence-electron chi connectivity index (χ3n) is 4.75. The number of hydrogen-bond donors (Lipinski definition) is 1. The Morgan fingerprint density at radius 2 is 2.21 bits per heavy atom. The maximum absolute atomic E-state index is 12.8. The monoisotopic (exact) mass is 347 g/mol. The Hall–Kier alpha value is -1.53. The van der Waals surface area contributed by atoms with Gasteiger partial charge >= 0.3 is 0 Å². The molecule has 1 aromatic rings. The number of carbonyl (C=O) groups is 2. The summed E-state index contributed by atoms with van der Waals surface area (Å²) in [5.41, 5.74) is 3.10. The molecule has 6 heteroatoms. The zero-order chi connectivity index (χ0) is 17.5. The van der Waals surface area contributed by atoms with Gasteiger partial charge in [-0.25, -0.2) is 0 Å². The van der Waals surface area contributed by atoms with Crippen molar-refractivity contribution in [1.29, 1.82) is 0 Å². The molecular weight excluding hydrogens is 322 g/mol. The molecule has 0 aromatic heterocycles. The number of amides is 2. The fourth-order valence-electron chi connectivity index (χ4n) is 3.55. The largest absolute Gasteiger partial charge is 0.324 e. The lowest BCUT2D eigenvalue weighted by molar-refractivity contribution is -0.135.